The van der Waals surface area contributed by atoms with Crippen LogP contribution in [0.15, 0.2) is 24.3 Å². The number of primary amides is 1. The van der Waals surface area contributed by atoms with E-state index in [4.69, 9.17) is 10.5 Å². The standard InChI is InChI=1S/C12H17N3O3/c1-8(11(16)15-12(13)17)18-10-5-3-9(4-6-10)7-14-2/h3-6,8,14H,7H2,1-2H3,(H3,13,15,16,17). The Morgan fingerprint density at radius 1 is 1.33 bits per heavy atom. The number of carbonyl (C=O) groups excluding carboxylic acids is 2. The van der Waals surface area contributed by atoms with Crippen LogP contribution in [-0.4, -0.2) is 25.1 Å². The van der Waals surface area contributed by atoms with Crippen LogP contribution in [-0.2, 0) is 11.3 Å². The molecular formula is C12H17N3O3. The fourth-order valence-corrected chi connectivity index (χ4v) is 1.37. The van der Waals surface area contributed by atoms with Crippen LogP contribution in [0, 0.1) is 0 Å². The summed E-state index contributed by atoms with van der Waals surface area (Å²) >= 11 is 0. The van der Waals surface area contributed by atoms with Crippen LogP contribution in [0.5, 0.6) is 5.75 Å². The van der Waals surface area contributed by atoms with E-state index in [1.807, 2.05) is 24.5 Å². The molecule has 18 heavy (non-hydrogen) atoms. The summed E-state index contributed by atoms with van der Waals surface area (Å²) in [6.07, 6.45) is -0.785. The number of urea groups is 1. The lowest BCUT2D eigenvalue weighted by molar-refractivity contribution is -0.126. The SMILES string of the molecule is CNCc1ccc(OC(C)C(=O)NC(N)=O)cc1. The van der Waals surface area contributed by atoms with Gasteiger partial charge in [0.15, 0.2) is 6.10 Å². The molecule has 0 aromatic heterocycles. The van der Waals surface area contributed by atoms with Crippen LogP contribution in [0.1, 0.15) is 12.5 Å². The molecule has 98 valence electrons. The van der Waals surface area contributed by atoms with Crippen molar-refractivity contribution in [2.75, 3.05) is 7.05 Å². The number of hydrogen-bond acceptors (Lipinski definition) is 4. The van der Waals surface area contributed by atoms with Gasteiger partial charge in [-0.3, -0.25) is 10.1 Å². The smallest absolute Gasteiger partial charge is 0.318 e. The summed E-state index contributed by atoms with van der Waals surface area (Å²) in [4.78, 5) is 21.9. The normalized spacial score (nSPS) is 11.7. The highest BCUT2D eigenvalue weighted by Gasteiger charge is 2.15. The molecule has 1 aromatic rings. The number of benzene rings is 1. The monoisotopic (exact) mass is 251 g/mol. The molecular weight excluding hydrogens is 234 g/mol. The molecule has 1 rings (SSSR count). The number of hydrogen-bond donors (Lipinski definition) is 3. The molecule has 0 spiro atoms. The first kappa shape index (κ1) is 14.0. The van der Waals surface area contributed by atoms with Gasteiger partial charge in [0.2, 0.25) is 0 Å². The van der Waals surface area contributed by atoms with E-state index in [-0.39, 0.29) is 0 Å². The zero-order valence-corrected chi connectivity index (χ0v) is 10.4. The van der Waals surface area contributed by atoms with Crippen molar-refractivity contribution >= 4 is 11.9 Å². The van der Waals surface area contributed by atoms with E-state index in [0.29, 0.717) is 5.75 Å². The topological polar surface area (TPSA) is 93.4 Å². The van der Waals surface area contributed by atoms with Crippen LogP contribution < -0.4 is 21.1 Å². The molecule has 0 fully saturated rings. The second kappa shape index (κ2) is 6.61. The molecule has 6 heteroatoms. The minimum atomic E-state index is -0.889. The lowest BCUT2D eigenvalue weighted by atomic mass is 10.2. The van der Waals surface area contributed by atoms with E-state index in [2.05, 4.69) is 5.32 Å². The number of rotatable bonds is 5. The maximum absolute atomic E-state index is 11.4. The van der Waals surface area contributed by atoms with Crippen molar-refractivity contribution in [1.29, 1.82) is 0 Å². The van der Waals surface area contributed by atoms with Crippen LogP contribution in [0.3, 0.4) is 0 Å². The quantitative estimate of drug-likeness (QED) is 0.704. The average molecular weight is 251 g/mol. The van der Waals surface area contributed by atoms with Crippen molar-refractivity contribution in [3.8, 4) is 5.75 Å². The molecule has 4 N–H and O–H groups in total. The summed E-state index contributed by atoms with van der Waals surface area (Å²) in [6, 6.07) is 6.43. The molecule has 3 amide bonds. The molecule has 1 aromatic carbocycles. The Hall–Kier alpha value is -2.08. The summed E-state index contributed by atoms with van der Waals surface area (Å²) < 4.78 is 5.37. The summed E-state index contributed by atoms with van der Waals surface area (Å²) in [6.45, 7) is 2.30. The lowest BCUT2D eigenvalue weighted by Gasteiger charge is -2.13. The first-order chi connectivity index (χ1) is 8.52. The van der Waals surface area contributed by atoms with Crippen LogP contribution in [0.4, 0.5) is 4.79 Å². The third-order valence-electron chi connectivity index (χ3n) is 2.23. The molecule has 0 saturated heterocycles. The van der Waals surface area contributed by atoms with Crippen molar-refractivity contribution in [2.45, 2.75) is 19.6 Å². The molecule has 0 heterocycles. The Morgan fingerprint density at radius 2 is 1.94 bits per heavy atom. The third kappa shape index (κ3) is 4.42. The van der Waals surface area contributed by atoms with Crippen molar-refractivity contribution in [3.05, 3.63) is 29.8 Å². The van der Waals surface area contributed by atoms with E-state index in [1.165, 1.54) is 0 Å². The van der Waals surface area contributed by atoms with Gasteiger partial charge in [0, 0.05) is 6.54 Å². The third-order valence-corrected chi connectivity index (χ3v) is 2.23. The molecule has 1 atom stereocenters. The highest BCUT2D eigenvalue weighted by atomic mass is 16.5. The Balaban J connectivity index is 2.56. The molecule has 1 unspecified atom stereocenters. The molecule has 6 nitrogen and oxygen atoms in total. The number of nitrogens with two attached hydrogens (primary N) is 1. The number of ether oxygens (including phenoxy) is 1. The van der Waals surface area contributed by atoms with Crippen molar-refractivity contribution < 1.29 is 14.3 Å². The van der Waals surface area contributed by atoms with Gasteiger partial charge in [-0.05, 0) is 31.7 Å². The second-order valence-corrected chi connectivity index (χ2v) is 3.79. The Bertz CT molecular complexity index is 417. The lowest BCUT2D eigenvalue weighted by Crippen LogP contribution is -2.42. The van der Waals surface area contributed by atoms with Gasteiger partial charge in [-0.25, -0.2) is 4.79 Å². The zero-order valence-electron chi connectivity index (χ0n) is 10.4. The van der Waals surface area contributed by atoms with Crippen molar-refractivity contribution in [1.82, 2.24) is 10.6 Å². The van der Waals surface area contributed by atoms with Gasteiger partial charge in [0.25, 0.3) is 5.91 Å². The molecule has 0 aliphatic heterocycles. The first-order valence-corrected chi connectivity index (χ1v) is 5.53. The molecule has 0 radical (unpaired) electrons. The van der Waals surface area contributed by atoms with Crippen LogP contribution >= 0.6 is 0 Å². The maximum atomic E-state index is 11.4. The van der Waals surface area contributed by atoms with Gasteiger partial charge in [-0.2, -0.15) is 0 Å². The van der Waals surface area contributed by atoms with Gasteiger partial charge in [-0.15, -0.1) is 0 Å². The fourth-order valence-electron chi connectivity index (χ4n) is 1.37. The Labute approximate surface area is 105 Å². The average Bonchev–Trinajstić information content (AvgIpc) is 2.31. The number of imide groups is 1. The first-order valence-electron chi connectivity index (χ1n) is 5.53. The molecule has 0 aliphatic carbocycles. The van der Waals surface area contributed by atoms with Crippen LogP contribution in [0.2, 0.25) is 0 Å². The predicted molar refractivity (Wildman–Crippen MR) is 67.0 cm³/mol. The van der Waals surface area contributed by atoms with E-state index in [9.17, 15) is 9.59 Å². The van der Waals surface area contributed by atoms with Crippen molar-refractivity contribution in [3.63, 3.8) is 0 Å². The maximum Gasteiger partial charge on any atom is 0.318 e. The summed E-state index contributed by atoms with van der Waals surface area (Å²) in [5.74, 6) is -0.0104. The largest absolute Gasteiger partial charge is 0.481 e. The summed E-state index contributed by atoms with van der Waals surface area (Å²) in [7, 11) is 1.86. The minimum absolute atomic E-state index is 0.557. The number of nitrogens with one attached hydrogen (secondary N) is 2. The van der Waals surface area contributed by atoms with Gasteiger partial charge in [0.05, 0.1) is 0 Å². The van der Waals surface area contributed by atoms with Crippen molar-refractivity contribution in [2.24, 2.45) is 5.73 Å². The van der Waals surface area contributed by atoms with E-state index >= 15 is 0 Å². The van der Waals surface area contributed by atoms with Gasteiger partial charge in [0.1, 0.15) is 5.75 Å². The second-order valence-electron chi connectivity index (χ2n) is 3.79. The fraction of sp³-hybridized carbons (Fsp3) is 0.333. The van der Waals surface area contributed by atoms with Gasteiger partial charge < -0.3 is 15.8 Å². The summed E-state index contributed by atoms with van der Waals surface area (Å²) in [5.41, 5.74) is 5.95. The highest BCUT2D eigenvalue weighted by Crippen LogP contribution is 2.13. The van der Waals surface area contributed by atoms with Gasteiger partial charge in [-0.1, -0.05) is 12.1 Å². The molecule has 0 saturated carbocycles. The van der Waals surface area contributed by atoms with Crippen LogP contribution in [0.25, 0.3) is 0 Å². The Morgan fingerprint density at radius 3 is 2.44 bits per heavy atom. The minimum Gasteiger partial charge on any atom is -0.481 e. The molecule has 0 bridgehead atoms. The Kier molecular flexibility index (Phi) is 5.13. The zero-order chi connectivity index (χ0) is 13.5. The molecule has 0 aliphatic rings. The predicted octanol–water partition coefficient (Wildman–Crippen LogP) is 0.368. The number of amides is 3. The van der Waals surface area contributed by atoms with E-state index < -0.39 is 18.0 Å². The van der Waals surface area contributed by atoms with E-state index in [0.717, 1.165) is 12.1 Å². The van der Waals surface area contributed by atoms with E-state index in [1.54, 1.807) is 19.1 Å². The summed E-state index contributed by atoms with van der Waals surface area (Å²) in [5, 5.41) is 4.99. The number of carbonyl (C=O) groups is 2. The van der Waals surface area contributed by atoms with Gasteiger partial charge >= 0.3 is 6.03 Å². The highest BCUT2D eigenvalue weighted by molar-refractivity contribution is 5.95.